The zero-order valence-corrected chi connectivity index (χ0v) is 21.2. The van der Waals surface area contributed by atoms with Gasteiger partial charge in [0, 0.05) is 31.3 Å². The number of rotatable bonds is 12. The second-order valence-electron chi connectivity index (χ2n) is 9.05. The standard InChI is InChI=1S/C31H32N4O3/c36-30(34-27(21-24-11-4-1-5-12-24)17-18-29-32-19-10-20-33-29)28(22-25-13-6-2-7-14-25)35-31(37)38-23-26-15-8-3-9-16-26/h1-16,19-20,27-28H,17-18,21-23H2,(H,34,36)(H,35,37)/t27-,28-/m0/s1. The first kappa shape index (κ1) is 26.5. The van der Waals surface area contributed by atoms with Gasteiger partial charge < -0.3 is 15.4 Å². The van der Waals surface area contributed by atoms with E-state index in [4.69, 9.17) is 4.74 Å². The van der Waals surface area contributed by atoms with Crippen molar-refractivity contribution in [3.05, 3.63) is 132 Å². The number of hydrogen-bond acceptors (Lipinski definition) is 5. The van der Waals surface area contributed by atoms with E-state index in [1.165, 1.54) is 0 Å². The topological polar surface area (TPSA) is 93.2 Å². The minimum Gasteiger partial charge on any atom is -0.445 e. The number of aryl methyl sites for hydroxylation is 1. The first-order chi connectivity index (χ1) is 18.7. The molecule has 0 aliphatic rings. The van der Waals surface area contributed by atoms with Crippen LogP contribution in [0.5, 0.6) is 0 Å². The first-order valence-corrected chi connectivity index (χ1v) is 12.8. The normalized spacial score (nSPS) is 12.2. The molecule has 38 heavy (non-hydrogen) atoms. The molecule has 194 valence electrons. The smallest absolute Gasteiger partial charge is 0.408 e. The molecule has 1 heterocycles. The summed E-state index contributed by atoms with van der Waals surface area (Å²) in [4.78, 5) is 34.9. The van der Waals surface area contributed by atoms with E-state index in [-0.39, 0.29) is 18.6 Å². The largest absolute Gasteiger partial charge is 0.445 e. The van der Waals surface area contributed by atoms with E-state index >= 15 is 0 Å². The molecule has 1 aromatic heterocycles. The summed E-state index contributed by atoms with van der Waals surface area (Å²) in [5, 5.41) is 5.95. The number of benzene rings is 3. The molecule has 0 aliphatic heterocycles. The lowest BCUT2D eigenvalue weighted by Gasteiger charge is -2.24. The van der Waals surface area contributed by atoms with Crippen LogP contribution < -0.4 is 10.6 Å². The number of carbonyl (C=O) groups excluding carboxylic acids is 2. The summed E-state index contributed by atoms with van der Waals surface area (Å²) in [5.74, 6) is 0.462. The van der Waals surface area contributed by atoms with Crippen molar-refractivity contribution in [3.8, 4) is 0 Å². The summed E-state index contributed by atoms with van der Waals surface area (Å²) in [6.07, 6.45) is 5.06. The van der Waals surface area contributed by atoms with Crippen LogP contribution in [0.25, 0.3) is 0 Å². The number of amides is 2. The number of carbonyl (C=O) groups is 2. The number of aromatic nitrogens is 2. The Balaban J connectivity index is 1.44. The van der Waals surface area contributed by atoms with E-state index < -0.39 is 12.1 Å². The molecular formula is C31H32N4O3. The molecular weight excluding hydrogens is 476 g/mol. The van der Waals surface area contributed by atoms with Crippen LogP contribution in [0.3, 0.4) is 0 Å². The van der Waals surface area contributed by atoms with Crippen LogP contribution in [0.4, 0.5) is 4.79 Å². The zero-order chi connectivity index (χ0) is 26.4. The molecule has 2 N–H and O–H groups in total. The lowest BCUT2D eigenvalue weighted by Crippen LogP contribution is -2.51. The van der Waals surface area contributed by atoms with Crippen LogP contribution in [0.1, 0.15) is 28.9 Å². The number of ether oxygens (including phenoxy) is 1. The highest BCUT2D eigenvalue weighted by Crippen LogP contribution is 2.11. The molecule has 0 unspecified atom stereocenters. The van der Waals surface area contributed by atoms with Crippen LogP contribution >= 0.6 is 0 Å². The lowest BCUT2D eigenvalue weighted by atomic mass is 10.00. The second kappa shape index (κ2) is 14.3. The van der Waals surface area contributed by atoms with E-state index in [0.717, 1.165) is 22.5 Å². The molecule has 0 spiro atoms. The Morgan fingerprint density at radius 2 is 1.24 bits per heavy atom. The van der Waals surface area contributed by atoms with E-state index in [1.54, 1.807) is 18.5 Å². The van der Waals surface area contributed by atoms with Gasteiger partial charge in [0.15, 0.2) is 0 Å². The monoisotopic (exact) mass is 508 g/mol. The van der Waals surface area contributed by atoms with Crippen molar-refractivity contribution in [1.82, 2.24) is 20.6 Å². The molecule has 0 bridgehead atoms. The van der Waals surface area contributed by atoms with Crippen molar-refractivity contribution in [2.24, 2.45) is 0 Å². The molecule has 2 atom stereocenters. The average Bonchev–Trinajstić information content (AvgIpc) is 2.96. The quantitative estimate of drug-likeness (QED) is 0.290. The Hall–Kier alpha value is -4.52. The van der Waals surface area contributed by atoms with Gasteiger partial charge in [-0.25, -0.2) is 14.8 Å². The number of hydrogen-bond donors (Lipinski definition) is 2. The van der Waals surface area contributed by atoms with Crippen molar-refractivity contribution in [1.29, 1.82) is 0 Å². The van der Waals surface area contributed by atoms with Gasteiger partial charge in [-0.05, 0) is 35.6 Å². The van der Waals surface area contributed by atoms with Crippen LogP contribution in [0, 0.1) is 0 Å². The fourth-order valence-corrected chi connectivity index (χ4v) is 4.15. The molecule has 7 heteroatoms. The third-order valence-corrected chi connectivity index (χ3v) is 6.11. The Bertz CT molecular complexity index is 1260. The SMILES string of the molecule is O=C(N[C@@H](Cc1ccccc1)C(=O)N[C@@H](CCc1ncccn1)Cc1ccccc1)OCc1ccccc1. The third-order valence-electron chi connectivity index (χ3n) is 6.11. The third kappa shape index (κ3) is 8.85. The van der Waals surface area contributed by atoms with Gasteiger partial charge in [0.25, 0.3) is 0 Å². The van der Waals surface area contributed by atoms with E-state index in [1.807, 2.05) is 91.0 Å². The van der Waals surface area contributed by atoms with Gasteiger partial charge in [-0.15, -0.1) is 0 Å². The highest BCUT2D eigenvalue weighted by molar-refractivity contribution is 5.86. The van der Waals surface area contributed by atoms with Crippen LogP contribution in [-0.2, 0) is 35.4 Å². The van der Waals surface area contributed by atoms with Crippen LogP contribution in [0.15, 0.2) is 109 Å². The predicted molar refractivity (Wildman–Crippen MR) is 146 cm³/mol. The predicted octanol–water partition coefficient (Wildman–Crippen LogP) is 4.67. The van der Waals surface area contributed by atoms with E-state index in [2.05, 4.69) is 20.6 Å². The summed E-state index contributed by atoms with van der Waals surface area (Å²) < 4.78 is 5.41. The number of alkyl carbamates (subject to hydrolysis) is 1. The Morgan fingerprint density at radius 1 is 0.684 bits per heavy atom. The maximum absolute atomic E-state index is 13.6. The highest BCUT2D eigenvalue weighted by Gasteiger charge is 2.25. The molecule has 3 aromatic carbocycles. The van der Waals surface area contributed by atoms with Gasteiger partial charge in [-0.1, -0.05) is 91.0 Å². The van der Waals surface area contributed by atoms with Crippen LogP contribution in [0.2, 0.25) is 0 Å². The Kier molecular flexibility index (Phi) is 9.97. The van der Waals surface area contributed by atoms with Crippen molar-refractivity contribution in [2.45, 2.75) is 44.4 Å². The summed E-state index contributed by atoms with van der Waals surface area (Å²) >= 11 is 0. The zero-order valence-electron chi connectivity index (χ0n) is 21.2. The van der Waals surface area contributed by atoms with Gasteiger partial charge in [-0.3, -0.25) is 4.79 Å². The maximum Gasteiger partial charge on any atom is 0.408 e. The Labute approximate surface area is 223 Å². The summed E-state index contributed by atoms with van der Waals surface area (Å²) in [7, 11) is 0. The Morgan fingerprint density at radius 3 is 1.84 bits per heavy atom. The van der Waals surface area contributed by atoms with Gasteiger partial charge in [0.1, 0.15) is 18.5 Å². The fraction of sp³-hybridized carbons (Fsp3) is 0.226. The van der Waals surface area contributed by atoms with Crippen molar-refractivity contribution < 1.29 is 14.3 Å². The maximum atomic E-state index is 13.6. The first-order valence-electron chi connectivity index (χ1n) is 12.8. The second-order valence-corrected chi connectivity index (χ2v) is 9.05. The molecule has 0 saturated carbocycles. The molecule has 2 amide bonds. The van der Waals surface area contributed by atoms with Gasteiger partial charge in [0.2, 0.25) is 5.91 Å². The molecule has 0 radical (unpaired) electrons. The summed E-state index contributed by atoms with van der Waals surface area (Å²) in [6.45, 7) is 0.125. The average molecular weight is 509 g/mol. The van der Waals surface area contributed by atoms with Gasteiger partial charge in [0.05, 0.1) is 0 Å². The fourth-order valence-electron chi connectivity index (χ4n) is 4.15. The summed E-state index contributed by atoms with van der Waals surface area (Å²) in [6, 6.07) is 29.9. The van der Waals surface area contributed by atoms with Crippen LogP contribution in [-0.4, -0.2) is 34.1 Å². The van der Waals surface area contributed by atoms with Crippen molar-refractivity contribution in [3.63, 3.8) is 0 Å². The molecule has 4 aromatic rings. The molecule has 7 nitrogen and oxygen atoms in total. The highest BCUT2D eigenvalue weighted by atomic mass is 16.5. The summed E-state index contributed by atoms with van der Waals surface area (Å²) in [5.41, 5.74) is 2.92. The number of nitrogens with one attached hydrogen (secondary N) is 2. The van der Waals surface area contributed by atoms with Gasteiger partial charge >= 0.3 is 6.09 Å². The molecule has 0 aliphatic carbocycles. The molecule has 0 fully saturated rings. The minimum absolute atomic E-state index is 0.125. The van der Waals surface area contributed by atoms with Gasteiger partial charge in [-0.2, -0.15) is 0 Å². The van der Waals surface area contributed by atoms with Crippen molar-refractivity contribution >= 4 is 12.0 Å². The molecule has 4 rings (SSSR count). The number of nitrogens with zero attached hydrogens (tertiary/aromatic N) is 2. The lowest BCUT2D eigenvalue weighted by molar-refractivity contribution is -0.123. The van der Waals surface area contributed by atoms with Crippen molar-refractivity contribution in [2.75, 3.05) is 0 Å². The van der Waals surface area contributed by atoms with E-state index in [0.29, 0.717) is 25.7 Å². The molecule has 0 saturated heterocycles. The minimum atomic E-state index is -0.799. The van der Waals surface area contributed by atoms with E-state index in [9.17, 15) is 9.59 Å².